The molecule has 0 atom stereocenters. The Kier molecular flexibility index (Phi) is 8.34. The maximum Gasteiger partial charge on any atom is 0.336 e. The first-order valence-corrected chi connectivity index (χ1v) is 12.9. The Morgan fingerprint density at radius 1 is 0.786 bits per heavy atom. The molecule has 5 rings (SSSR count). The molecule has 5 aromatic carbocycles. The van der Waals surface area contributed by atoms with E-state index in [9.17, 15) is 24.4 Å². The summed E-state index contributed by atoms with van der Waals surface area (Å²) < 4.78 is 25.2. The summed E-state index contributed by atoms with van der Waals surface area (Å²) in [5.74, 6) is -0.718. The molecule has 5 aromatic rings. The van der Waals surface area contributed by atoms with Gasteiger partial charge in [0.15, 0.2) is 11.5 Å². The summed E-state index contributed by atoms with van der Waals surface area (Å²) in [5.41, 5.74) is 3.01. The second-order valence-corrected chi connectivity index (χ2v) is 9.25. The second kappa shape index (κ2) is 12.6. The third kappa shape index (κ3) is 6.68. The van der Waals surface area contributed by atoms with Crippen LogP contribution in [-0.2, 0) is 6.61 Å². The summed E-state index contributed by atoms with van der Waals surface area (Å²) in [6.45, 7) is 0.299. The van der Waals surface area contributed by atoms with Gasteiger partial charge in [0.1, 0.15) is 12.4 Å². The quantitative estimate of drug-likeness (QED) is 0.104. The van der Waals surface area contributed by atoms with Crippen LogP contribution >= 0.6 is 0 Å². The van der Waals surface area contributed by atoms with Gasteiger partial charge in [-0.05, 0) is 70.3 Å². The highest BCUT2D eigenvalue weighted by Gasteiger charge is 2.18. The smallest absolute Gasteiger partial charge is 0.336 e. The molecule has 1 N–H and O–H groups in total. The van der Waals surface area contributed by atoms with Crippen molar-refractivity contribution < 1.29 is 28.7 Å². The van der Waals surface area contributed by atoms with Crippen LogP contribution in [0, 0.1) is 15.9 Å². The molecule has 0 saturated carbocycles. The Balaban J connectivity index is 1.41. The fourth-order valence-corrected chi connectivity index (χ4v) is 4.28. The Bertz CT molecular complexity index is 1770. The first kappa shape index (κ1) is 27.8. The van der Waals surface area contributed by atoms with Crippen molar-refractivity contribution in [1.82, 2.24) is 0 Å². The first-order chi connectivity index (χ1) is 20.4. The minimum Gasteiger partial charge on any atom is -0.485 e. The van der Waals surface area contributed by atoms with E-state index in [4.69, 9.17) is 9.47 Å². The molecule has 7 nitrogen and oxygen atoms in total. The maximum absolute atomic E-state index is 13.4. The molecule has 0 saturated heterocycles. The van der Waals surface area contributed by atoms with Crippen molar-refractivity contribution in [3.8, 4) is 28.4 Å². The zero-order chi connectivity index (χ0) is 29.5. The fourth-order valence-electron chi connectivity index (χ4n) is 4.28. The molecule has 0 amide bonds. The highest BCUT2D eigenvalue weighted by molar-refractivity contribution is 5.94. The van der Waals surface area contributed by atoms with Gasteiger partial charge in [-0.2, -0.15) is 0 Å². The van der Waals surface area contributed by atoms with E-state index in [-0.39, 0.29) is 22.8 Å². The number of ether oxygens (including phenoxy) is 2. The van der Waals surface area contributed by atoms with Crippen molar-refractivity contribution in [2.75, 3.05) is 0 Å². The highest BCUT2D eigenvalue weighted by Crippen LogP contribution is 2.37. The van der Waals surface area contributed by atoms with Crippen molar-refractivity contribution in [3.05, 3.63) is 153 Å². The average molecular weight is 562 g/mol. The molecule has 0 heterocycles. The lowest BCUT2D eigenvalue weighted by molar-refractivity contribution is -0.385. The molecule has 0 aliphatic carbocycles. The number of hydrogen-bond donors (Lipinski definition) is 1. The zero-order valence-corrected chi connectivity index (χ0v) is 22.1. The highest BCUT2D eigenvalue weighted by atomic mass is 19.1. The maximum atomic E-state index is 13.4. The van der Waals surface area contributed by atoms with Crippen LogP contribution in [-0.4, -0.2) is 16.0 Å². The lowest BCUT2D eigenvalue weighted by atomic mass is 9.98. The number of nitrogens with zero attached hydrogens (tertiary/aromatic N) is 1. The number of nitro benzene ring substituents is 1. The molecule has 0 aromatic heterocycles. The molecule has 0 spiro atoms. The summed E-state index contributed by atoms with van der Waals surface area (Å²) in [7, 11) is 0. The standard InChI is InChI=1S/C34H24FNO6/c35-28-16-13-25(14-17-28)26-15-18-29(34(37)38)27(21-26)12-10-23-11-19-31(30(20-23)36(39)40)42-33-9-5-4-8-32(33)41-22-24-6-2-1-3-7-24/h1-21H,22H2,(H,37,38). The molecular formula is C34H24FNO6. The molecule has 8 heteroatoms. The predicted molar refractivity (Wildman–Crippen MR) is 158 cm³/mol. The van der Waals surface area contributed by atoms with Gasteiger partial charge in [-0.25, -0.2) is 9.18 Å². The molecule has 0 fully saturated rings. The third-order valence-electron chi connectivity index (χ3n) is 6.40. The minimum absolute atomic E-state index is 0.0254. The van der Waals surface area contributed by atoms with Crippen molar-refractivity contribution in [1.29, 1.82) is 0 Å². The number of carbonyl (C=O) groups is 1. The largest absolute Gasteiger partial charge is 0.485 e. The number of para-hydroxylation sites is 2. The number of halogens is 1. The van der Waals surface area contributed by atoms with Gasteiger partial charge >= 0.3 is 11.7 Å². The first-order valence-electron chi connectivity index (χ1n) is 12.9. The van der Waals surface area contributed by atoms with E-state index in [1.54, 1.807) is 66.7 Å². The van der Waals surface area contributed by atoms with Crippen molar-refractivity contribution in [2.45, 2.75) is 6.61 Å². The minimum atomic E-state index is -1.12. The van der Waals surface area contributed by atoms with Gasteiger partial charge in [-0.1, -0.05) is 78.9 Å². The Morgan fingerprint density at radius 3 is 2.19 bits per heavy atom. The Labute approximate surface area is 240 Å². The van der Waals surface area contributed by atoms with Crippen LogP contribution < -0.4 is 9.47 Å². The van der Waals surface area contributed by atoms with E-state index < -0.39 is 10.9 Å². The van der Waals surface area contributed by atoms with Gasteiger partial charge in [0.25, 0.3) is 0 Å². The van der Waals surface area contributed by atoms with Crippen molar-refractivity contribution >= 4 is 23.8 Å². The van der Waals surface area contributed by atoms with Gasteiger partial charge in [-0.3, -0.25) is 10.1 Å². The summed E-state index contributed by atoms with van der Waals surface area (Å²) in [5, 5.41) is 21.6. The molecule has 0 radical (unpaired) electrons. The number of aromatic carboxylic acids is 1. The van der Waals surface area contributed by atoms with E-state index in [0.29, 0.717) is 40.4 Å². The summed E-state index contributed by atoms with van der Waals surface area (Å²) in [6.07, 6.45) is 3.16. The van der Waals surface area contributed by atoms with Gasteiger partial charge in [0.05, 0.1) is 10.5 Å². The molecule has 0 aliphatic heterocycles. The van der Waals surface area contributed by atoms with E-state index in [0.717, 1.165) is 5.56 Å². The Morgan fingerprint density at radius 2 is 1.48 bits per heavy atom. The molecule has 42 heavy (non-hydrogen) atoms. The van der Waals surface area contributed by atoms with Gasteiger partial charge in [-0.15, -0.1) is 0 Å². The molecule has 0 aliphatic rings. The fraction of sp³-hybridized carbons (Fsp3) is 0.0294. The number of nitro groups is 1. The van der Waals surface area contributed by atoms with Crippen LogP contribution in [0.5, 0.6) is 17.2 Å². The predicted octanol–water partition coefficient (Wildman–Crippen LogP) is 8.64. The summed E-state index contributed by atoms with van der Waals surface area (Å²) in [6, 6.07) is 31.6. The Hall–Kier alpha value is -5.76. The van der Waals surface area contributed by atoms with Crippen LogP contribution in [0.1, 0.15) is 27.0 Å². The van der Waals surface area contributed by atoms with Gasteiger partial charge in [0.2, 0.25) is 5.75 Å². The van der Waals surface area contributed by atoms with Gasteiger partial charge in [0, 0.05) is 6.07 Å². The molecule has 208 valence electrons. The SMILES string of the molecule is O=C(O)c1ccc(-c2ccc(F)cc2)cc1C=Cc1ccc(Oc2ccccc2OCc2ccccc2)c([N+](=O)[O-])c1. The van der Waals surface area contributed by atoms with E-state index in [1.807, 2.05) is 30.3 Å². The summed E-state index contributed by atoms with van der Waals surface area (Å²) >= 11 is 0. The van der Waals surface area contributed by atoms with Crippen LogP contribution in [0.4, 0.5) is 10.1 Å². The van der Waals surface area contributed by atoms with Crippen molar-refractivity contribution in [2.24, 2.45) is 0 Å². The topological polar surface area (TPSA) is 98.9 Å². The van der Waals surface area contributed by atoms with Crippen molar-refractivity contribution in [3.63, 3.8) is 0 Å². The van der Waals surface area contributed by atoms with E-state index in [2.05, 4.69) is 0 Å². The summed E-state index contributed by atoms with van der Waals surface area (Å²) in [4.78, 5) is 23.3. The lowest BCUT2D eigenvalue weighted by Gasteiger charge is -2.13. The number of carboxylic acid groups (broad SMARTS) is 1. The van der Waals surface area contributed by atoms with Crippen LogP contribution in [0.25, 0.3) is 23.3 Å². The molecule has 0 bridgehead atoms. The van der Waals surface area contributed by atoms with Crippen LogP contribution in [0.3, 0.4) is 0 Å². The third-order valence-corrected chi connectivity index (χ3v) is 6.40. The second-order valence-electron chi connectivity index (χ2n) is 9.25. The number of benzene rings is 5. The van der Waals surface area contributed by atoms with E-state index in [1.165, 1.54) is 30.3 Å². The van der Waals surface area contributed by atoms with Crippen LogP contribution in [0.15, 0.2) is 115 Å². The number of carboxylic acids is 1. The van der Waals surface area contributed by atoms with Crippen LogP contribution in [0.2, 0.25) is 0 Å². The monoisotopic (exact) mass is 561 g/mol. The molecule has 0 unspecified atom stereocenters. The number of hydrogen-bond acceptors (Lipinski definition) is 5. The molecular weight excluding hydrogens is 537 g/mol. The average Bonchev–Trinajstić information content (AvgIpc) is 3.00. The number of rotatable bonds is 10. The zero-order valence-electron chi connectivity index (χ0n) is 22.1. The van der Waals surface area contributed by atoms with Gasteiger partial charge < -0.3 is 14.6 Å². The van der Waals surface area contributed by atoms with E-state index >= 15 is 0 Å². The lowest BCUT2D eigenvalue weighted by Crippen LogP contribution is -2.00. The normalized spacial score (nSPS) is 10.9.